The summed E-state index contributed by atoms with van der Waals surface area (Å²) >= 11 is 0. The second kappa shape index (κ2) is 9.06. The van der Waals surface area contributed by atoms with Gasteiger partial charge in [0.25, 0.3) is 5.91 Å². The fourth-order valence-electron chi connectivity index (χ4n) is 4.36. The van der Waals surface area contributed by atoms with Gasteiger partial charge in [-0.3, -0.25) is 9.69 Å². The zero-order valence-electron chi connectivity index (χ0n) is 19.9. The van der Waals surface area contributed by atoms with Crippen LogP contribution in [0.3, 0.4) is 0 Å². The van der Waals surface area contributed by atoms with E-state index in [4.69, 9.17) is 14.2 Å². The van der Waals surface area contributed by atoms with Crippen LogP contribution in [0.5, 0.6) is 17.2 Å². The zero-order valence-corrected chi connectivity index (χ0v) is 19.9. The molecule has 0 N–H and O–H groups in total. The Bertz CT molecular complexity index is 1290. The lowest BCUT2D eigenvalue weighted by Gasteiger charge is -2.41. The molecule has 0 fully saturated rings. The number of allylic oxidation sites excluding steroid dienone is 1. The summed E-state index contributed by atoms with van der Waals surface area (Å²) < 4.78 is 16.4. The van der Waals surface area contributed by atoms with Gasteiger partial charge in [-0.2, -0.15) is 0 Å². The van der Waals surface area contributed by atoms with E-state index in [0.717, 1.165) is 16.8 Å². The van der Waals surface area contributed by atoms with Gasteiger partial charge in [-0.1, -0.05) is 30.3 Å². The molecule has 1 aliphatic heterocycles. The molecule has 0 saturated heterocycles. The highest BCUT2D eigenvalue weighted by atomic mass is 16.5. The van der Waals surface area contributed by atoms with Gasteiger partial charge in [0.2, 0.25) is 0 Å². The van der Waals surface area contributed by atoms with Crippen molar-refractivity contribution in [1.29, 1.82) is 0 Å². The predicted octanol–water partition coefficient (Wildman–Crippen LogP) is 5.77. The Balaban J connectivity index is 1.72. The third-order valence-electron chi connectivity index (χ3n) is 5.86. The summed E-state index contributed by atoms with van der Waals surface area (Å²) in [5.41, 5.74) is 2.77. The van der Waals surface area contributed by atoms with E-state index in [0.29, 0.717) is 28.4 Å². The fourth-order valence-corrected chi connectivity index (χ4v) is 4.36. The van der Waals surface area contributed by atoms with Crippen LogP contribution in [0.15, 0.2) is 72.8 Å². The molecule has 1 heterocycles. The molecule has 0 saturated carbocycles. The number of carbonyl (C=O) groups excluding carboxylic acids is 2. The number of benzene rings is 3. The minimum absolute atomic E-state index is 0.175. The van der Waals surface area contributed by atoms with Crippen molar-refractivity contribution in [3.05, 3.63) is 89.5 Å². The van der Waals surface area contributed by atoms with Gasteiger partial charge in [0.05, 0.1) is 31.0 Å². The van der Waals surface area contributed by atoms with Crippen LogP contribution in [0.1, 0.15) is 47.1 Å². The summed E-state index contributed by atoms with van der Waals surface area (Å²) in [6.45, 7) is 5.96. The summed E-state index contributed by atoms with van der Waals surface area (Å²) in [6.07, 6.45) is 2.04. The third kappa shape index (κ3) is 4.15. The van der Waals surface area contributed by atoms with Crippen LogP contribution < -0.4 is 19.1 Å². The molecule has 0 unspecified atom stereocenters. The maximum absolute atomic E-state index is 13.7. The highest BCUT2D eigenvalue weighted by molar-refractivity contribution is 6.11. The number of hydrogen-bond acceptors (Lipinski definition) is 5. The molecule has 6 heteroatoms. The van der Waals surface area contributed by atoms with Gasteiger partial charge in [0, 0.05) is 5.56 Å². The molecule has 174 valence electrons. The first-order valence-electron chi connectivity index (χ1n) is 10.9. The normalized spacial score (nSPS) is 14.0. The number of methoxy groups -OCH3 is 2. The van der Waals surface area contributed by atoms with E-state index < -0.39 is 11.5 Å². The molecule has 34 heavy (non-hydrogen) atoms. The SMILES string of the molecule is COc1ccccc1C(=O)Oc1ccc2c(c1)C(C)=CC(C)(C)N2C(=O)c1ccccc1OC. The van der Waals surface area contributed by atoms with E-state index in [1.54, 1.807) is 60.5 Å². The van der Waals surface area contributed by atoms with E-state index in [1.165, 1.54) is 7.11 Å². The summed E-state index contributed by atoms with van der Waals surface area (Å²) in [6, 6.07) is 19.4. The van der Waals surface area contributed by atoms with Crippen LogP contribution in [0.25, 0.3) is 5.57 Å². The van der Waals surface area contributed by atoms with E-state index in [2.05, 4.69) is 0 Å². The van der Waals surface area contributed by atoms with Gasteiger partial charge in [-0.05, 0) is 68.8 Å². The molecule has 0 bridgehead atoms. The number of para-hydroxylation sites is 2. The summed E-state index contributed by atoms with van der Waals surface area (Å²) in [5, 5.41) is 0. The maximum Gasteiger partial charge on any atom is 0.347 e. The molecule has 0 atom stereocenters. The molecular formula is C28H27NO5. The minimum atomic E-state index is -0.579. The number of nitrogens with zero attached hydrogens (tertiary/aromatic N) is 1. The number of esters is 1. The van der Waals surface area contributed by atoms with Crippen molar-refractivity contribution in [3.8, 4) is 17.2 Å². The largest absolute Gasteiger partial charge is 0.496 e. The Morgan fingerprint density at radius 2 is 1.41 bits per heavy atom. The standard InChI is InChI=1S/C28H27NO5/c1-18-17-28(2,3)29(26(30)20-10-6-8-12-24(20)32-4)23-15-14-19(16-22(18)23)34-27(31)21-11-7-9-13-25(21)33-5/h6-17H,1-5H3. The van der Waals surface area contributed by atoms with E-state index >= 15 is 0 Å². The maximum atomic E-state index is 13.7. The third-order valence-corrected chi connectivity index (χ3v) is 5.86. The Morgan fingerprint density at radius 3 is 2.06 bits per heavy atom. The van der Waals surface area contributed by atoms with Gasteiger partial charge in [-0.15, -0.1) is 0 Å². The van der Waals surface area contributed by atoms with Crippen LogP contribution in [-0.2, 0) is 0 Å². The second-order valence-corrected chi connectivity index (χ2v) is 8.59. The van der Waals surface area contributed by atoms with E-state index in [-0.39, 0.29) is 5.91 Å². The van der Waals surface area contributed by atoms with Crippen molar-refractivity contribution in [2.45, 2.75) is 26.3 Å². The molecular weight excluding hydrogens is 430 g/mol. The topological polar surface area (TPSA) is 65.1 Å². The van der Waals surface area contributed by atoms with E-state index in [9.17, 15) is 9.59 Å². The van der Waals surface area contributed by atoms with Gasteiger partial charge < -0.3 is 14.2 Å². The van der Waals surface area contributed by atoms with Crippen LogP contribution in [0.2, 0.25) is 0 Å². The highest BCUT2D eigenvalue weighted by Crippen LogP contribution is 2.42. The first kappa shape index (κ1) is 23.1. The molecule has 1 amide bonds. The predicted molar refractivity (Wildman–Crippen MR) is 132 cm³/mol. The Morgan fingerprint density at radius 1 is 0.824 bits per heavy atom. The Labute approximate surface area is 199 Å². The molecule has 4 rings (SSSR count). The van der Waals surface area contributed by atoms with E-state index in [1.807, 2.05) is 45.0 Å². The fraction of sp³-hybridized carbons (Fsp3) is 0.214. The van der Waals surface area contributed by atoms with Crippen molar-refractivity contribution in [3.63, 3.8) is 0 Å². The number of ether oxygens (including phenoxy) is 3. The zero-order chi connectivity index (χ0) is 24.5. The molecule has 6 nitrogen and oxygen atoms in total. The van der Waals surface area contributed by atoms with Crippen LogP contribution in [-0.4, -0.2) is 31.6 Å². The molecule has 3 aromatic carbocycles. The average Bonchev–Trinajstić information content (AvgIpc) is 2.83. The lowest BCUT2D eigenvalue weighted by Crippen LogP contribution is -2.49. The average molecular weight is 458 g/mol. The monoisotopic (exact) mass is 457 g/mol. The van der Waals surface area contributed by atoms with Crippen molar-refractivity contribution in [2.24, 2.45) is 0 Å². The van der Waals surface area contributed by atoms with Crippen LogP contribution >= 0.6 is 0 Å². The lowest BCUT2D eigenvalue weighted by molar-refractivity contribution is 0.0730. The van der Waals surface area contributed by atoms with Crippen molar-refractivity contribution < 1.29 is 23.8 Å². The summed E-state index contributed by atoms with van der Waals surface area (Å²) in [7, 11) is 3.06. The van der Waals surface area contributed by atoms with Crippen molar-refractivity contribution >= 4 is 23.1 Å². The number of hydrogen-bond donors (Lipinski definition) is 0. The summed E-state index contributed by atoms with van der Waals surface area (Å²) in [5.74, 6) is 0.644. The number of rotatable bonds is 5. The second-order valence-electron chi connectivity index (χ2n) is 8.59. The van der Waals surface area contributed by atoms with Crippen molar-refractivity contribution in [2.75, 3.05) is 19.1 Å². The molecule has 0 radical (unpaired) electrons. The Hall–Kier alpha value is -4.06. The molecule has 0 aliphatic carbocycles. The lowest BCUT2D eigenvalue weighted by atomic mass is 9.88. The molecule has 1 aliphatic rings. The van der Waals surface area contributed by atoms with Crippen LogP contribution in [0, 0.1) is 0 Å². The first-order chi connectivity index (χ1) is 16.3. The van der Waals surface area contributed by atoms with Gasteiger partial charge in [0.15, 0.2) is 0 Å². The number of amides is 1. The van der Waals surface area contributed by atoms with Crippen LogP contribution in [0.4, 0.5) is 5.69 Å². The number of carbonyl (C=O) groups is 2. The van der Waals surface area contributed by atoms with Gasteiger partial charge >= 0.3 is 5.97 Å². The minimum Gasteiger partial charge on any atom is -0.496 e. The first-order valence-corrected chi connectivity index (χ1v) is 10.9. The Kier molecular flexibility index (Phi) is 6.16. The molecule has 3 aromatic rings. The quantitative estimate of drug-likeness (QED) is 0.360. The highest BCUT2D eigenvalue weighted by Gasteiger charge is 2.37. The smallest absolute Gasteiger partial charge is 0.347 e. The molecule has 0 spiro atoms. The van der Waals surface area contributed by atoms with Gasteiger partial charge in [-0.25, -0.2) is 4.79 Å². The van der Waals surface area contributed by atoms with Gasteiger partial charge in [0.1, 0.15) is 22.8 Å². The summed E-state index contributed by atoms with van der Waals surface area (Å²) in [4.78, 5) is 28.2. The van der Waals surface area contributed by atoms with Crippen molar-refractivity contribution in [1.82, 2.24) is 0 Å². The molecule has 0 aromatic heterocycles. The number of fused-ring (bicyclic) bond motifs is 1. The number of anilines is 1.